The van der Waals surface area contributed by atoms with E-state index < -0.39 is 0 Å². The van der Waals surface area contributed by atoms with E-state index in [9.17, 15) is 4.79 Å². The summed E-state index contributed by atoms with van der Waals surface area (Å²) in [6.45, 7) is 6.22. The second kappa shape index (κ2) is 9.16. The zero-order chi connectivity index (χ0) is 20.9. The lowest BCUT2D eigenvalue weighted by Gasteiger charge is -2.22. The van der Waals surface area contributed by atoms with Gasteiger partial charge in [0.15, 0.2) is 0 Å². The highest BCUT2D eigenvalue weighted by Gasteiger charge is 2.16. The summed E-state index contributed by atoms with van der Waals surface area (Å²) < 4.78 is 1.91. The number of aryl methyl sites for hydroxylation is 1. The fraction of sp³-hybridized carbons (Fsp3) is 0.360. The normalized spacial score (nSPS) is 14.4. The highest BCUT2D eigenvalue weighted by Crippen LogP contribution is 2.22. The molecule has 0 radical (unpaired) electrons. The number of nitrogens with one attached hydrogen (secondary N) is 1. The van der Waals surface area contributed by atoms with Crippen molar-refractivity contribution >= 4 is 17.3 Å². The van der Waals surface area contributed by atoms with Gasteiger partial charge in [0.05, 0.1) is 17.8 Å². The van der Waals surface area contributed by atoms with Crippen LogP contribution in [0.4, 0.5) is 11.4 Å². The minimum absolute atomic E-state index is 0.0173. The molecule has 4 rings (SSSR count). The van der Waals surface area contributed by atoms with Crippen molar-refractivity contribution < 1.29 is 4.79 Å². The Morgan fingerprint density at radius 2 is 1.57 bits per heavy atom. The van der Waals surface area contributed by atoms with Gasteiger partial charge in [-0.05, 0) is 63.1 Å². The second-order valence-corrected chi connectivity index (χ2v) is 8.07. The van der Waals surface area contributed by atoms with Crippen LogP contribution in [0.5, 0.6) is 0 Å². The van der Waals surface area contributed by atoms with Crippen LogP contribution >= 0.6 is 0 Å². The van der Waals surface area contributed by atoms with Gasteiger partial charge in [-0.15, -0.1) is 0 Å². The number of hydrogen-bond donors (Lipinski definition) is 1. The maximum Gasteiger partial charge on any atom is 0.228 e. The number of nitrogens with zero attached hydrogens (tertiary/aromatic N) is 3. The number of hydrogen-bond acceptors (Lipinski definition) is 3. The molecular formula is C25H30N4O. The van der Waals surface area contributed by atoms with E-state index in [1.165, 1.54) is 31.4 Å². The highest BCUT2D eigenvalue weighted by atomic mass is 16.1. The standard InChI is InChI=1S/C25H30N4O/c1-19-24(20(2)29(27-19)23-10-6-5-7-11-23)18-25(30)26-21-12-14-22(15-13-21)28-16-8-3-4-9-17-28/h5-7,10-15H,3-4,8-9,16-18H2,1-2H3,(H,26,30). The van der Waals surface area contributed by atoms with E-state index in [2.05, 4.69) is 27.4 Å². The van der Waals surface area contributed by atoms with Gasteiger partial charge >= 0.3 is 0 Å². The highest BCUT2D eigenvalue weighted by molar-refractivity contribution is 5.92. The zero-order valence-electron chi connectivity index (χ0n) is 17.9. The van der Waals surface area contributed by atoms with Crippen LogP contribution in [0.3, 0.4) is 0 Å². The van der Waals surface area contributed by atoms with E-state index in [4.69, 9.17) is 0 Å². The Bertz CT molecular complexity index is 984. The minimum atomic E-state index is -0.0173. The molecule has 1 aliphatic rings. The third-order valence-electron chi connectivity index (χ3n) is 5.90. The third-order valence-corrected chi connectivity index (χ3v) is 5.90. The van der Waals surface area contributed by atoms with Crippen molar-refractivity contribution in [2.75, 3.05) is 23.3 Å². The number of rotatable bonds is 5. The Kier molecular flexibility index (Phi) is 6.17. The number of para-hydroxylation sites is 1. The summed E-state index contributed by atoms with van der Waals surface area (Å²) in [7, 11) is 0. The summed E-state index contributed by atoms with van der Waals surface area (Å²) in [4.78, 5) is 15.2. The Morgan fingerprint density at radius 1 is 0.900 bits per heavy atom. The Hall–Kier alpha value is -3.08. The van der Waals surface area contributed by atoms with Gasteiger partial charge in [-0.1, -0.05) is 31.0 Å². The molecule has 1 aromatic heterocycles. The summed E-state index contributed by atoms with van der Waals surface area (Å²) in [5, 5.41) is 7.68. The Balaban J connectivity index is 1.42. The summed E-state index contributed by atoms with van der Waals surface area (Å²) in [6.07, 6.45) is 5.48. The van der Waals surface area contributed by atoms with Crippen LogP contribution in [0.25, 0.3) is 5.69 Å². The van der Waals surface area contributed by atoms with Crippen LogP contribution in [-0.2, 0) is 11.2 Å². The molecule has 0 saturated carbocycles. The van der Waals surface area contributed by atoms with E-state index >= 15 is 0 Å². The van der Waals surface area contributed by atoms with Crippen molar-refractivity contribution in [1.29, 1.82) is 0 Å². The van der Waals surface area contributed by atoms with Crippen molar-refractivity contribution in [3.63, 3.8) is 0 Å². The van der Waals surface area contributed by atoms with Gasteiger partial charge in [-0.3, -0.25) is 4.79 Å². The molecule has 30 heavy (non-hydrogen) atoms. The van der Waals surface area contributed by atoms with Gasteiger partial charge < -0.3 is 10.2 Å². The summed E-state index contributed by atoms with van der Waals surface area (Å²) in [5.74, 6) is -0.0173. The number of benzene rings is 2. The fourth-order valence-electron chi connectivity index (χ4n) is 4.20. The monoisotopic (exact) mass is 402 g/mol. The summed E-state index contributed by atoms with van der Waals surface area (Å²) in [6, 6.07) is 18.3. The second-order valence-electron chi connectivity index (χ2n) is 8.07. The predicted octanol–water partition coefficient (Wildman–Crippen LogP) is 5.05. The maximum atomic E-state index is 12.7. The predicted molar refractivity (Wildman–Crippen MR) is 122 cm³/mol. The van der Waals surface area contributed by atoms with E-state index in [-0.39, 0.29) is 5.91 Å². The van der Waals surface area contributed by atoms with Crippen molar-refractivity contribution in [3.05, 3.63) is 71.5 Å². The Labute approximate surface area is 178 Å². The molecule has 1 saturated heterocycles. The van der Waals surface area contributed by atoms with Gasteiger partial charge in [0.2, 0.25) is 5.91 Å². The maximum absolute atomic E-state index is 12.7. The Morgan fingerprint density at radius 3 is 2.23 bits per heavy atom. The van der Waals surface area contributed by atoms with Crippen molar-refractivity contribution in [3.8, 4) is 5.69 Å². The van der Waals surface area contributed by atoms with Crippen LogP contribution in [0.2, 0.25) is 0 Å². The number of carbonyl (C=O) groups excluding carboxylic acids is 1. The SMILES string of the molecule is Cc1nn(-c2ccccc2)c(C)c1CC(=O)Nc1ccc(N2CCCCCC2)cc1. The average Bonchev–Trinajstić information content (AvgIpc) is 2.95. The summed E-state index contributed by atoms with van der Waals surface area (Å²) >= 11 is 0. The molecule has 5 nitrogen and oxygen atoms in total. The minimum Gasteiger partial charge on any atom is -0.372 e. The van der Waals surface area contributed by atoms with Crippen LogP contribution in [0.15, 0.2) is 54.6 Å². The number of anilines is 2. The van der Waals surface area contributed by atoms with Crippen molar-refractivity contribution in [1.82, 2.24) is 9.78 Å². The topological polar surface area (TPSA) is 50.2 Å². The van der Waals surface area contributed by atoms with Gasteiger partial charge in [-0.2, -0.15) is 5.10 Å². The number of amides is 1. The molecular weight excluding hydrogens is 372 g/mol. The van der Waals surface area contributed by atoms with Crippen molar-refractivity contribution in [2.45, 2.75) is 46.0 Å². The van der Waals surface area contributed by atoms with Crippen LogP contribution < -0.4 is 10.2 Å². The number of aromatic nitrogens is 2. The zero-order valence-corrected chi connectivity index (χ0v) is 17.9. The molecule has 0 unspecified atom stereocenters. The van der Waals surface area contributed by atoms with E-state index in [0.29, 0.717) is 6.42 Å². The summed E-state index contributed by atoms with van der Waals surface area (Å²) in [5.41, 5.74) is 5.97. The number of carbonyl (C=O) groups is 1. The molecule has 156 valence electrons. The lowest BCUT2D eigenvalue weighted by atomic mass is 10.1. The van der Waals surface area contributed by atoms with Gasteiger partial charge in [0, 0.05) is 35.7 Å². The van der Waals surface area contributed by atoms with Crippen LogP contribution in [0, 0.1) is 13.8 Å². The lowest BCUT2D eigenvalue weighted by molar-refractivity contribution is -0.115. The fourth-order valence-corrected chi connectivity index (χ4v) is 4.20. The van der Waals surface area contributed by atoms with Gasteiger partial charge in [0.1, 0.15) is 0 Å². The largest absolute Gasteiger partial charge is 0.372 e. The van der Waals surface area contributed by atoms with Crippen LogP contribution in [-0.4, -0.2) is 28.8 Å². The van der Waals surface area contributed by atoms with E-state index in [0.717, 1.165) is 41.4 Å². The van der Waals surface area contributed by atoms with Gasteiger partial charge in [-0.25, -0.2) is 4.68 Å². The van der Waals surface area contributed by atoms with Crippen LogP contribution in [0.1, 0.15) is 42.6 Å². The molecule has 0 spiro atoms. The first-order chi connectivity index (χ1) is 14.6. The van der Waals surface area contributed by atoms with Crippen molar-refractivity contribution in [2.24, 2.45) is 0 Å². The first-order valence-corrected chi connectivity index (χ1v) is 10.9. The molecule has 1 amide bonds. The molecule has 2 heterocycles. The molecule has 5 heteroatoms. The molecule has 3 aromatic rings. The molecule has 0 atom stereocenters. The van der Waals surface area contributed by atoms with E-state index in [1.807, 2.05) is 61.0 Å². The van der Waals surface area contributed by atoms with Gasteiger partial charge in [0.25, 0.3) is 0 Å². The smallest absolute Gasteiger partial charge is 0.228 e. The molecule has 2 aromatic carbocycles. The molecule has 0 aliphatic carbocycles. The first kappa shape index (κ1) is 20.2. The first-order valence-electron chi connectivity index (χ1n) is 10.9. The quantitative estimate of drug-likeness (QED) is 0.650. The molecule has 1 fully saturated rings. The third kappa shape index (κ3) is 4.56. The molecule has 1 N–H and O–H groups in total. The average molecular weight is 403 g/mol. The molecule has 0 bridgehead atoms. The van der Waals surface area contributed by atoms with E-state index in [1.54, 1.807) is 0 Å². The lowest BCUT2D eigenvalue weighted by Crippen LogP contribution is -2.23. The molecule has 1 aliphatic heterocycles.